The van der Waals surface area contributed by atoms with Crippen LogP contribution >= 0.6 is 0 Å². The molecule has 0 bridgehead atoms. The van der Waals surface area contributed by atoms with E-state index >= 15 is 0 Å². The van der Waals surface area contributed by atoms with Crippen LogP contribution in [0.2, 0.25) is 0 Å². The van der Waals surface area contributed by atoms with Gasteiger partial charge in [-0.2, -0.15) is 0 Å². The molecule has 3 unspecified atom stereocenters. The summed E-state index contributed by atoms with van der Waals surface area (Å²) in [4.78, 5) is 25.9. The van der Waals surface area contributed by atoms with Gasteiger partial charge in [0.1, 0.15) is 6.10 Å². The molecule has 5 aliphatic rings. The highest BCUT2D eigenvalue weighted by molar-refractivity contribution is 5.88. The smallest absolute Gasteiger partial charge is 0.333 e. The van der Waals surface area contributed by atoms with Gasteiger partial charge in [-0.05, 0) is 112 Å². The molecule has 0 saturated heterocycles. The highest BCUT2D eigenvalue weighted by Gasteiger charge is 2.73. The predicted molar refractivity (Wildman–Crippen MR) is 198 cm³/mol. The molecule has 0 aliphatic heterocycles. The number of allylic oxidation sites excluding steroid dienone is 4. The second-order valence-corrected chi connectivity index (χ2v) is 17.9. The van der Waals surface area contributed by atoms with E-state index in [0.29, 0.717) is 30.4 Å². The summed E-state index contributed by atoms with van der Waals surface area (Å²) in [6.45, 7) is 19.9. The zero-order chi connectivity index (χ0) is 35.8. The summed E-state index contributed by atoms with van der Waals surface area (Å²) in [5.41, 5.74) is -1.05. The zero-order valence-electron chi connectivity index (χ0n) is 31.1. The molecule has 8 nitrogen and oxygen atoms in total. The van der Waals surface area contributed by atoms with Crippen LogP contribution in [0.3, 0.4) is 0 Å². The first kappa shape index (κ1) is 42.4. The quantitative estimate of drug-likeness (QED) is 0.129. The number of esters is 2. The Morgan fingerprint density at radius 3 is 2.04 bits per heavy atom. The maximum atomic E-state index is 13.2. The van der Waals surface area contributed by atoms with Crippen molar-refractivity contribution in [3.8, 4) is 0 Å². The summed E-state index contributed by atoms with van der Waals surface area (Å²) in [6.07, 6.45) is 7.04. The molecule has 5 aliphatic carbocycles. The average Bonchev–Trinajstić information content (AvgIpc) is 3.03. The Morgan fingerprint density at radius 2 is 1.46 bits per heavy atom. The Labute approximate surface area is 302 Å². The topological polar surface area (TPSA) is 134 Å². The highest BCUT2D eigenvalue weighted by Crippen LogP contribution is 2.76. The first-order chi connectivity index (χ1) is 22.2. The third-order valence-electron chi connectivity index (χ3n) is 15.4. The fourth-order valence-corrected chi connectivity index (χ4v) is 11.8. The van der Waals surface area contributed by atoms with E-state index in [1.54, 1.807) is 32.9 Å². The summed E-state index contributed by atoms with van der Waals surface area (Å²) < 4.78 is 11.9. The van der Waals surface area contributed by atoms with Gasteiger partial charge in [0.25, 0.3) is 0 Å². The lowest BCUT2D eigenvalue weighted by Gasteiger charge is -2.72. The molecule has 0 amide bonds. The Kier molecular flexibility index (Phi) is 12.0. The van der Waals surface area contributed by atoms with Gasteiger partial charge >= 0.3 is 11.9 Å². The fourth-order valence-electron chi connectivity index (χ4n) is 11.8. The Morgan fingerprint density at radius 1 is 0.860 bits per heavy atom. The molecule has 4 N–H and O–H groups in total. The van der Waals surface area contributed by atoms with Gasteiger partial charge in [0.05, 0.1) is 36.9 Å². The van der Waals surface area contributed by atoms with Gasteiger partial charge in [0, 0.05) is 16.6 Å². The van der Waals surface area contributed by atoms with Crippen LogP contribution in [-0.4, -0.2) is 70.0 Å². The van der Waals surface area contributed by atoms with Gasteiger partial charge in [-0.15, -0.1) is 0 Å². The monoisotopic (exact) mass is 703 g/mol. The van der Waals surface area contributed by atoms with Crippen molar-refractivity contribution in [3.63, 3.8) is 0 Å². The molecule has 4 fully saturated rings. The van der Waals surface area contributed by atoms with Crippen molar-refractivity contribution in [3.05, 3.63) is 34.9 Å². The number of aliphatic hydroxyl groups excluding tert-OH is 4. The lowest BCUT2D eigenvalue weighted by atomic mass is 9.33. The summed E-state index contributed by atoms with van der Waals surface area (Å²) in [5.74, 6) is -0.799. The van der Waals surface area contributed by atoms with Crippen LogP contribution in [-0.2, 0) is 19.1 Å². The van der Waals surface area contributed by atoms with Crippen LogP contribution in [0.25, 0.3) is 0 Å². The number of aliphatic hydroxyl groups is 4. The average molecular weight is 703 g/mol. The summed E-state index contributed by atoms with van der Waals surface area (Å²) in [6, 6.07) is 0. The van der Waals surface area contributed by atoms with Crippen LogP contribution in [0.15, 0.2) is 34.9 Å². The third kappa shape index (κ3) is 5.78. The van der Waals surface area contributed by atoms with Crippen molar-refractivity contribution < 1.29 is 39.5 Å². The minimum Gasteiger partial charge on any atom is -0.462 e. The van der Waals surface area contributed by atoms with E-state index < -0.39 is 58.7 Å². The van der Waals surface area contributed by atoms with Gasteiger partial charge in [-0.25, -0.2) is 9.59 Å². The van der Waals surface area contributed by atoms with E-state index in [4.69, 9.17) is 9.47 Å². The molecule has 50 heavy (non-hydrogen) atoms. The van der Waals surface area contributed by atoms with E-state index in [1.807, 2.05) is 20.8 Å². The molecule has 5 rings (SSSR count). The van der Waals surface area contributed by atoms with E-state index in [0.717, 1.165) is 25.7 Å². The van der Waals surface area contributed by atoms with Gasteiger partial charge < -0.3 is 29.9 Å². The minimum absolute atomic E-state index is 0. The normalized spacial score (nSPS) is 45.2. The number of rotatable bonds is 6. The lowest BCUT2D eigenvalue weighted by molar-refractivity contribution is -0.263. The van der Waals surface area contributed by atoms with Gasteiger partial charge in [-0.1, -0.05) is 80.2 Å². The molecule has 0 spiro atoms. The first-order valence-corrected chi connectivity index (χ1v) is 18.2. The Bertz CT molecular complexity index is 1400. The number of carbonyl (C=O) groups excluding carboxylic acids is 2. The van der Waals surface area contributed by atoms with Crippen molar-refractivity contribution in [2.24, 2.45) is 50.2 Å². The molecule has 0 aromatic heterocycles. The molecule has 286 valence electrons. The van der Waals surface area contributed by atoms with E-state index in [-0.39, 0.29) is 56.0 Å². The maximum absolute atomic E-state index is 13.2. The van der Waals surface area contributed by atoms with Crippen molar-refractivity contribution >= 4 is 11.9 Å². The zero-order valence-corrected chi connectivity index (χ0v) is 31.1. The number of carbonyl (C=O) groups is 2. The van der Waals surface area contributed by atoms with E-state index in [1.165, 1.54) is 5.57 Å². The minimum atomic E-state index is -1.24. The molecular formula is C42H70O8. The molecular weight excluding hydrogens is 632 g/mol. The maximum Gasteiger partial charge on any atom is 0.333 e. The highest BCUT2D eigenvalue weighted by atomic mass is 16.6. The molecule has 0 aromatic rings. The van der Waals surface area contributed by atoms with E-state index in [9.17, 15) is 30.0 Å². The number of hydrogen-bond acceptors (Lipinski definition) is 8. The van der Waals surface area contributed by atoms with Crippen molar-refractivity contribution in [2.75, 3.05) is 13.2 Å². The summed E-state index contributed by atoms with van der Waals surface area (Å²) in [5, 5.41) is 46.8. The molecule has 8 heteroatoms. The molecule has 0 heterocycles. The van der Waals surface area contributed by atoms with Crippen molar-refractivity contribution in [1.29, 1.82) is 0 Å². The van der Waals surface area contributed by atoms with Crippen LogP contribution in [0.4, 0.5) is 0 Å². The second kappa shape index (κ2) is 14.1. The van der Waals surface area contributed by atoms with Crippen LogP contribution in [0.1, 0.15) is 129 Å². The van der Waals surface area contributed by atoms with Crippen LogP contribution < -0.4 is 0 Å². The SMILES string of the molecule is C.C.C/C=C(/C)C(=O)OC[C@]1(C)C2CC[C@]3(C)C(CC=C4C5CC(C)(C)[C@@H](O)[C@H](OC(=O)/C(C)=C\C)[C@]5(CO)[C@H](O)C[C@]43C)[C@@]2(C)CC[C@@H]1O. The number of ether oxygens (including phenoxy) is 2. The Balaban J connectivity index is 0.00000338. The molecule has 0 radical (unpaired) electrons. The number of fused-ring (bicyclic) bond motifs is 7. The number of hydrogen-bond donors (Lipinski definition) is 4. The third-order valence-corrected chi connectivity index (χ3v) is 15.4. The molecule has 0 aromatic carbocycles. The van der Waals surface area contributed by atoms with Crippen LogP contribution in [0, 0.1) is 50.2 Å². The molecule has 4 saturated carbocycles. The molecule has 12 atom stereocenters. The fraction of sp³-hybridized carbons (Fsp3) is 0.810. The van der Waals surface area contributed by atoms with Crippen LogP contribution in [0.5, 0.6) is 0 Å². The van der Waals surface area contributed by atoms with Gasteiger partial charge in [0.15, 0.2) is 0 Å². The largest absolute Gasteiger partial charge is 0.462 e. The summed E-state index contributed by atoms with van der Waals surface area (Å²) in [7, 11) is 0. The van der Waals surface area contributed by atoms with Crippen molar-refractivity contribution in [2.45, 2.75) is 153 Å². The lowest BCUT2D eigenvalue weighted by Crippen LogP contribution is -2.72. The first-order valence-electron chi connectivity index (χ1n) is 18.2. The van der Waals surface area contributed by atoms with Gasteiger partial charge in [-0.3, -0.25) is 0 Å². The van der Waals surface area contributed by atoms with E-state index in [2.05, 4.69) is 33.8 Å². The van der Waals surface area contributed by atoms with Gasteiger partial charge in [0.2, 0.25) is 0 Å². The van der Waals surface area contributed by atoms with Crippen molar-refractivity contribution in [1.82, 2.24) is 0 Å². The Hall–Kier alpha value is -2.00. The summed E-state index contributed by atoms with van der Waals surface area (Å²) >= 11 is 0. The standard InChI is InChI=1S/C40H62O8.2CH4/c1-11-23(3)33(45)47-22-37(8)27-15-18-38(9)28(36(27,7)17-16-29(37)42)14-13-25-26-19-35(5,6)31(44)32(48-34(46)24(4)12-2)40(26,21-41)30(43)20-39(25,38)10;;/h11-13,26-32,41-44H,14-22H2,1-10H3;2*1H4/b23-11-,24-12-;;/t26?,27?,28?,29-,30+,31-,32-,36-,37+,38+,39+,40-;;/m0../s1. The second-order valence-electron chi connectivity index (χ2n) is 17.9. The predicted octanol–water partition coefficient (Wildman–Crippen LogP) is 7.33.